The Bertz CT molecular complexity index is 176. The van der Waals surface area contributed by atoms with Gasteiger partial charge in [0.2, 0.25) is 0 Å². The van der Waals surface area contributed by atoms with Gasteiger partial charge in [-0.25, -0.2) is 0 Å². The fourth-order valence-electron chi connectivity index (χ4n) is 1.98. The average Bonchev–Trinajstić information content (AvgIpc) is 2.49. The maximum atomic E-state index is 10.1. The second-order valence-electron chi connectivity index (χ2n) is 3.88. The lowest BCUT2D eigenvalue weighted by Crippen LogP contribution is -2.69. The van der Waals surface area contributed by atoms with Crippen LogP contribution in [0.15, 0.2) is 0 Å². The maximum Gasteiger partial charge on any atom is 0.0980 e. The number of hydrogen-bond acceptors (Lipinski definition) is 4. The second-order valence-corrected chi connectivity index (χ2v) is 4.98. The Labute approximate surface area is 76.5 Å². The third-order valence-corrected chi connectivity index (χ3v) is 4.48. The van der Waals surface area contributed by atoms with Crippen LogP contribution >= 0.6 is 11.8 Å². The molecule has 2 heterocycles. The molecule has 2 rings (SSSR count). The minimum atomic E-state index is -0.634. The van der Waals surface area contributed by atoms with E-state index in [1.165, 1.54) is 0 Å². The molecule has 3 N–H and O–H groups in total. The van der Waals surface area contributed by atoms with Gasteiger partial charge in [0.25, 0.3) is 0 Å². The van der Waals surface area contributed by atoms with Crippen LogP contribution in [0, 0.1) is 5.41 Å². The molecule has 1 atom stereocenters. The van der Waals surface area contributed by atoms with Crippen molar-refractivity contribution in [2.75, 3.05) is 31.2 Å². The first-order valence-electron chi connectivity index (χ1n) is 4.34. The summed E-state index contributed by atoms with van der Waals surface area (Å²) in [5.41, 5.74) is -0.853. The lowest BCUT2D eigenvalue weighted by atomic mass is 9.68. The Hall–Kier alpha value is 0.230. The van der Waals surface area contributed by atoms with Crippen molar-refractivity contribution in [3.8, 4) is 0 Å². The molecule has 0 saturated carbocycles. The molecule has 0 aromatic heterocycles. The Morgan fingerprint density at radius 1 is 1.42 bits per heavy atom. The van der Waals surface area contributed by atoms with Crippen LogP contribution in [0.3, 0.4) is 0 Å². The van der Waals surface area contributed by atoms with E-state index >= 15 is 0 Å². The van der Waals surface area contributed by atoms with E-state index in [2.05, 4.69) is 5.32 Å². The minimum Gasteiger partial charge on any atom is -0.396 e. The van der Waals surface area contributed by atoms with E-state index in [1.807, 2.05) is 11.8 Å². The maximum absolute atomic E-state index is 10.1. The van der Waals surface area contributed by atoms with E-state index in [1.54, 1.807) is 0 Å². The van der Waals surface area contributed by atoms with Gasteiger partial charge in [-0.1, -0.05) is 0 Å². The first-order valence-corrected chi connectivity index (χ1v) is 5.50. The van der Waals surface area contributed by atoms with Crippen molar-refractivity contribution in [2.24, 2.45) is 5.41 Å². The predicted octanol–water partition coefficient (Wildman–Crippen LogP) is -0.564. The van der Waals surface area contributed by atoms with Crippen LogP contribution in [0.2, 0.25) is 0 Å². The Morgan fingerprint density at radius 2 is 2.17 bits per heavy atom. The largest absolute Gasteiger partial charge is 0.396 e. The summed E-state index contributed by atoms with van der Waals surface area (Å²) in [5, 5.41) is 22.5. The first-order chi connectivity index (χ1) is 5.72. The summed E-state index contributed by atoms with van der Waals surface area (Å²) in [6.45, 7) is 1.42. The molecule has 3 nitrogen and oxygen atoms in total. The van der Waals surface area contributed by atoms with E-state index in [4.69, 9.17) is 0 Å². The zero-order valence-corrected chi connectivity index (χ0v) is 7.86. The van der Waals surface area contributed by atoms with Gasteiger partial charge in [0.1, 0.15) is 0 Å². The lowest BCUT2D eigenvalue weighted by molar-refractivity contribution is -0.127. The highest BCUT2D eigenvalue weighted by Gasteiger charge is 2.55. The molecule has 0 bridgehead atoms. The predicted molar refractivity (Wildman–Crippen MR) is 49.3 cm³/mol. The summed E-state index contributed by atoms with van der Waals surface area (Å²) >= 11 is 1.83. The Morgan fingerprint density at radius 3 is 2.50 bits per heavy atom. The molecular weight excluding hydrogens is 174 g/mol. The summed E-state index contributed by atoms with van der Waals surface area (Å²) in [4.78, 5) is 0. The van der Waals surface area contributed by atoms with Crippen LogP contribution in [-0.2, 0) is 0 Å². The summed E-state index contributed by atoms with van der Waals surface area (Å²) < 4.78 is 0. The summed E-state index contributed by atoms with van der Waals surface area (Å²) in [5.74, 6) is 1.98. The molecule has 2 aliphatic rings. The van der Waals surface area contributed by atoms with Crippen molar-refractivity contribution in [2.45, 2.75) is 12.0 Å². The molecule has 2 saturated heterocycles. The zero-order valence-electron chi connectivity index (χ0n) is 7.05. The average molecular weight is 189 g/mol. The van der Waals surface area contributed by atoms with Crippen molar-refractivity contribution in [3.05, 3.63) is 0 Å². The van der Waals surface area contributed by atoms with Crippen molar-refractivity contribution >= 4 is 11.8 Å². The van der Waals surface area contributed by atoms with Gasteiger partial charge in [-0.05, 0) is 12.2 Å². The van der Waals surface area contributed by atoms with Crippen molar-refractivity contribution < 1.29 is 10.2 Å². The molecule has 12 heavy (non-hydrogen) atoms. The summed E-state index contributed by atoms with van der Waals surface area (Å²) in [7, 11) is 0. The van der Waals surface area contributed by atoms with E-state index in [-0.39, 0.29) is 12.0 Å². The summed E-state index contributed by atoms with van der Waals surface area (Å²) in [6, 6.07) is 0. The molecule has 0 aromatic rings. The monoisotopic (exact) mass is 189 g/mol. The lowest BCUT2D eigenvalue weighted by Gasteiger charge is -2.50. The van der Waals surface area contributed by atoms with Gasteiger partial charge < -0.3 is 15.5 Å². The minimum absolute atomic E-state index is 0.123. The molecule has 0 amide bonds. The number of aliphatic hydroxyl groups excluding tert-OH is 1. The molecular formula is C8H15NO2S. The first kappa shape index (κ1) is 8.81. The number of rotatable bonds is 2. The van der Waals surface area contributed by atoms with E-state index in [9.17, 15) is 10.2 Å². The molecule has 70 valence electrons. The van der Waals surface area contributed by atoms with Crippen molar-refractivity contribution in [1.29, 1.82) is 0 Å². The van der Waals surface area contributed by atoms with Crippen LogP contribution in [0.1, 0.15) is 6.42 Å². The smallest absolute Gasteiger partial charge is 0.0980 e. The van der Waals surface area contributed by atoms with E-state index in [0.29, 0.717) is 13.1 Å². The standard InChI is InChI=1S/C8H15NO2S/c10-5-7(1-2-12-6-7)8(11)3-9-4-8/h9-11H,1-6H2. The van der Waals surface area contributed by atoms with E-state index in [0.717, 1.165) is 17.9 Å². The quantitative estimate of drug-likeness (QED) is 0.545. The van der Waals surface area contributed by atoms with Crippen LogP contribution in [0.4, 0.5) is 0 Å². The third-order valence-electron chi connectivity index (χ3n) is 3.23. The molecule has 1 unspecified atom stereocenters. The fraction of sp³-hybridized carbons (Fsp3) is 1.00. The molecule has 2 aliphatic heterocycles. The Balaban J connectivity index is 2.15. The molecule has 4 heteroatoms. The molecule has 2 fully saturated rings. The van der Waals surface area contributed by atoms with Crippen molar-refractivity contribution in [3.63, 3.8) is 0 Å². The normalized spacial score (nSPS) is 39.5. The molecule has 0 radical (unpaired) electrons. The SMILES string of the molecule is OCC1(C2(O)CNC2)CCSC1. The van der Waals surface area contributed by atoms with Crippen LogP contribution in [0.5, 0.6) is 0 Å². The highest BCUT2D eigenvalue weighted by Crippen LogP contribution is 2.45. The molecule has 0 aliphatic carbocycles. The van der Waals surface area contributed by atoms with Crippen LogP contribution < -0.4 is 5.32 Å². The van der Waals surface area contributed by atoms with Gasteiger partial charge in [0.05, 0.1) is 12.2 Å². The van der Waals surface area contributed by atoms with Gasteiger partial charge in [-0.2, -0.15) is 11.8 Å². The number of nitrogens with one attached hydrogen (secondary N) is 1. The topological polar surface area (TPSA) is 52.5 Å². The van der Waals surface area contributed by atoms with Crippen LogP contribution in [0.25, 0.3) is 0 Å². The number of thioether (sulfide) groups is 1. The highest BCUT2D eigenvalue weighted by atomic mass is 32.2. The fourth-order valence-corrected chi connectivity index (χ4v) is 3.56. The number of hydrogen-bond donors (Lipinski definition) is 3. The van der Waals surface area contributed by atoms with E-state index < -0.39 is 5.60 Å². The zero-order chi connectivity index (χ0) is 8.66. The number of aliphatic hydroxyl groups is 2. The second kappa shape index (κ2) is 2.87. The molecule has 0 spiro atoms. The van der Waals surface area contributed by atoms with Gasteiger partial charge in [0.15, 0.2) is 0 Å². The summed E-state index contributed by atoms with van der Waals surface area (Å²) in [6.07, 6.45) is 0.951. The van der Waals surface area contributed by atoms with Gasteiger partial charge >= 0.3 is 0 Å². The van der Waals surface area contributed by atoms with Crippen molar-refractivity contribution in [1.82, 2.24) is 5.32 Å². The van der Waals surface area contributed by atoms with Gasteiger partial charge in [-0.15, -0.1) is 0 Å². The van der Waals surface area contributed by atoms with Gasteiger partial charge in [-0.3, -0.25) is 0 Å². The Kier molecular flexibility index (Phi) is 2.11. The van der Waals surface area contributed by atoms with Gasteiger partial charge in [0, 0.05) is 24.3 Å². The number of β-amino-alcohol motifs (C(OH)–C–C–N with tert-alkyl or cyclic N) is 1. The molecule has 0 aromatic carbocycles. The van der Waals surface area contributed by atoms with Crippen LogP contribution in [-0.4, -0.2) is 47.0 Å². The highest BCUT2D eigenvalue weighted by molar-refractivity contribution is 7.99. The third kappa shape index (κ3) is 1.02.